The molecule has 1 fully saturated rings. The third-order valence-corrected chi connectivity index (χ3v) is 8.76. The summed E-state index contributed by atoms with van der Waals surface area (Å²) >= 11 is 3.26. The molecular formula is C33H33ClN3O4S-. The van der Waals surface area contributed by atoms with Gasteiger partial charge in [0.05, 0.1) is 12.5 Å². The van der Waals surface area contributed by atoms with Gasteiger partial charge in [0.15, 0.2) is 0 Å². The van der Waals surface area contributed by atoms with Gasteiger partial charge in [0.1, 0.15) is 6.04 Å². The van der Waals surface area contributed by atoms with Crippen LogP contribution >= 0.6 is 11.6 Å². The molecule has 0 radical (unpaired) electrons. The third-order valence-electron chi connectivity index (χ3n) is 7.66. The van der Waals surface area contributed by atoms with Gasteiger partial charge in [0, 0.05) is 42.3 Å². The zero-order valence-electron chi connectivity index (χ0n) is 23.2. The van der Waals surface area contributed by atoms with Gasteiger partial charge in [-0.2, -0.15) is 0 Å². The lowest BCUT2D eigenvalue weighted by molar-refractivity contribution is -0.135. The number of rotatable bonds is 11. The smallest absolute Gasteiger partial charge is 0.245 e. The van der Waals surface area contributed by atoms with E-state index >= 15 is 0 Å². The van der Waals surface area contributed by atoms with Gasteiger partial charge in [-0.1, -0.05) is 84.9 Å². The van der Waals surface area contributed by atoms with E-state index in [0.717, 1.165) is 34.7 Å². The summed E-state index contributed by atoms with van der Waals surface area (Å²) in [7, 11) is 0. The number of carbonyl (C=O) groups excluding carboxylic acids is 2. The number of fused-ring (bicyclic) bond motifs is 1. The summed E-state index contributed by atoms with van der Waals surface area (Å²) in [5, 5.41) is 4.83. The van der Waals surface area contributed by atoms with Crippen molar-refractivity contribution in [2.75, 3.05) is 17.4 Å². The van der Waals surface area contributed by atoms with Crippen LogP contribution in [-0.4, -0.2) is 44.6 Å². The molecule has 5 rings (SSSR count). The molecular weight excluding hydrogens is 570 g/mol. The molecule has 42 heavy (non-hydrogen) atoms. The Hall–Kier alpha value is -3.72. The second kappa shape index (κ2) is 14.0. The van der Waals surface area contributed by atoms with Crippen LogP contribution in [0.4, 0.5) is 5.69 Å². The van der Waals surface area contributed by atoms with E-state index < -0.39 is 29.3 Å². The topological polar surface area (TPSA) is 92.8 Å². The largest absolute Gasteiger partial charge is 0.755 e. The fourth-order valence-electron chi connectivity index (χ4n) is 5.48. The molecule has 3 unspecified atom stereocenters. The van der Waals surface area contributed by atoms with Gasteiger partial charge in [-0.15, -0.1) is 11.6 Å². The normalized spacial score (nSPS) is 15.2. The molecule has 0 aliphatic carbocycles. The first kappa shape index (κ1) is 29.8. The Labute approximate surface area is 253 Å². The zero-order chi connectivity index (χ0) is 29.5. The minimum Gasteiger partial charge on any atom is -0.755 e. The van der Waals surface area contributed by atoms with Crippen LogP contribution in [0, 0.1) is 0 Å². The Bertz CT molecular complexity index is 1540. The van der Waals surface area contributed by atoms with E-state index in [1.807, 2.05) is 91.0 Å². The van der Waals surface area contributed by atoms with Crippen molar-refractivity contribution in [3.8, 4) is 0 Å². The van der Waals surface area contributed by atoms with Crippen molar-refractivity contribution in [3.63, 3.8) is 0 Å². The van der Waals surface area contributed by atoms with Crippen molar-refractivity contribution in [1.82, 2.24) is 10.2 Å². The van der Waals surface area contributed by atoms with Crippen LogP contribution in [0.1, 0.15) is 42.0 Å². The zero-order valence-corrected chi connectivity index (χ0v) is 24.7. The van der Waals surface area contributed by atoms with Gasteiger partial charge in [-0.05, 0) is 52.4 Å². The average Bonchev–Trinajstić information content (AvgIpc) is 3.56. The van der Waals surface area contributed by atoms with Crippen LogP contribution in [-0.2, 0) is 33.2 Å². The van der Waals surface area contributed by atoms with Crippen LogP contribution in [0.3, 0.4) is 0 Å². The van der Waals surface area contributed by atoms with Gasteiger partial charge in [-0.25, -0.2) is 0 Å². The summed E-state index contributed by atoms with van der Waals surface area (Å²) in [6.07, 6.45) is 2.02. The Kier molecular flexibility index (Phi) is 9.89. The number of benzene rings is 4. The van der Waals surface area contributed by atoms with E-state index in [1.165, 1.54) is 4.31 Å². The van der Waals surface area contributed by atoms with E-state index in [2.05, 4.69) is 5.32 Å². The van der Waals surface area contributed by atoms with Crippen molar-refractivity contribution in [1.29, 1.82) is 0 Å². The predicted octanol–water partition coefficient (Wildman–Crippen LogP) is 5.66. The molecule has 0 saturated carbocycles. The Morgan fingerprint density at radius 3 is 2.19 bits per heavy atom. The lowest BCUT2D eigenvalue weighted by atomic mass is 10.0. The van der Waals surface area contributed by atoms with E-state index in [1.54, 1.807) is 11.0 Å². The molecule has 1 aliphatic heterocycles. The number of amides is 2. The highest BCUT2D eigenvalue weighted by Gasteiger charge is 2.31. The molecule has 1 heterocycles. The van der Waals surface area contributed by atoms with Gasteiger partial charge in [0.25, 0.3) is 0 Å². The van der Waals surface area contributed by atoms with E-state index in [-0.39, 0.29) is 12.3 Å². The number of anilines is 1. The van der Waals surface area contributed by atoms with Gasteiger partial charge in [-0.3, -0.25) is 18.1 Å². The summed E-state index contributed by atoms with van der Waals surface area (Å²) < 4.78 is 26.7. The van der Waals surface area contributed by atoms with E-state index in [9.17, 15) is 18.4 Å². The Morgan fingerprint density at radius 2 is 1.52 bits per heavy atom. The predicted molar refractivity (Wildman–Crippen MR) is 167 cm³/mol. The molecule has 4 aromatic rings. The average molecular weight is 603 g/mol. The highest BCUT2D eigenvalue weighted by molar-refractivity contribution is 7.80. The molecule has 218 valence electrons. The second-order valence-electron chi connectivity index (χ2n) is 10.5. The molecule has 3 atom stereocenters. The monoisotopic (exact) mass is 602 g/mol. The number of carbonyl (C=O) groups is 2. The maximum absolute atomic E-state index is 13.7. The number of nitrogens with zero attached hydrogens (tertiary/aromatic N) is 2. The van der Waals surface area contributed by atoms with Crippen molar-refractivity contribution < 1.29 is 18.4 Å². The van der Waals surface area contributed by atoms with E-state index in [0.29, 0.717) is 36.6 Å². The first-order chi connectivity index (χ1) is 20.4. The molecule has 2 amide bonds. The molecule has 7 nitrogen and oxygen atoms in total. The van der Waals surface area contributed by atoms with Crippen molar-refractivity contribution in [3.05, 3.63) is 114 Å². The maximum atomic E-state index is 13.7. The summed E-state index contributed by atoms with van der Waals surface area (Å²) in [6, 6.07) is 28.3. The fourth-order valence-corrected chi connectivity index (χ4v) is 6.35. The summed E-state index contributed by atoms with van der Waals surface area (Å²) in [5.74, 6) is -0.143. The highest BCUT2D eigenvalue weighted by Crippen LogP contribution is 2.33. The van der Waals surface area contributed by atoms with Crippen LogP contribution in [0.2, 0.25) is 0 Å². The van der Waals surface area contributed by atoms with Crippen molar-refractivity contribution >= 4 is 51.1 Å². The highest BCUT2D eigenvalue weighted by atomic mass is 35.5. The standard InChI is InChI=1S/C33H34ClN3O4S/c34-23-25-14-12-24(13-15-25)20-30(33(39)36-18-6-7-19-36)35-32(38)22-31(27-9-2-1-3-10-27)37(42(40)41)29-17-16-26-8-4-5-11-28(26)21-29/h1-5,8-17,21,30-31H,6-7,18-20,22-23H2,(H,35,38)(H,40,41)/p-1. The molecule has 1 aliphatic rings. The number of likely N-dealkylation sites (tertiary alicyclic amines) is 1. The number of nitrogens with one attached hydrogen (secondary N) is 1. The molecule has 0 spiro atoms. The summed E-state index contributed by atoms with van der Waals surface area (Å²) in [6.45, 7) is 1.32. The lowest BCUT2D eigenvalue weighted by Gasteiger charge is -2.35. The minimum atomic E-state index is -2.69. The lowest BCUT2D eigenvalue weighted by Crippen LogP contribution is -2.49. The summed E-state index contributed by atoms with van der Waals surface area (Å²) in [4.78, 5) is 29.0. The Balaban J connectivity index is 1.43. The fraction of sp³-hybridized carbons (Fsp3) is 0.273. The van der Waals surface area contributed by atoms with Crippen LogP contribution < -0.4 is 9.62 Å². The van der Waals surface area contributed by atoms with Gasteiger partial charge in [0.2, 0.25) is 11.8 Å². The quantitative estimate of drug-likeness (QED) is 0.177. The van der Waals surface area contributed by atoms with E-state index in [4.69, 9.17) is 11.6 Å². The molecule has 0 bridgehead atoms. The third kappa shape index (κ3) is 7.18. The minimum absolute atomic E-state index is 0.127. The first-order valence-corrected chi connectivity index (χ1v) is 15.6. The van der Waals surface area contributed by atoms with Crippen LogP contribution in [0.15, 0.2) is 97.1 Å². The first-order valence-electron chi connectivity index (χ1n) is 14.1. The number of hydrogen-bond acceptors (Lipinski definition) is 4. The molecule has 1 saturated heterocycles. The van der Waals surface area contributed by atoms with Crippen LogP contribution in [0.25, 0.3) is 10.8 Å². The maximum Gasteiger partial charge on any atom is 0.245 e. The second-order valence-corrected chi connectivity index (χ2v) is 11.6. The molecule has 0 aromatic heterocycles. The number of halogens is 1. The molecule has 1 N–H and O–H groups in total. The number of alkyl halides is 1. The van der Waals surface area contributed by atoms with Gasteiger partial charge < -0.3 is 14.8 Å². The molecule has 4 aromatic carbocycles. The molecule has 9 heteroatoms. The van der Waals surface area contributed by atoms with Crippen LogP contribution in [0.5, 0.6) is 0 Å². The van der Waals surface area contributed by atoms with Crippen molar-refractivity contribution in [2.24, 2.45) is 0 Å². The van der Waals surface area contributed by atoms with Crippen molar-refractivity contribution in [2.45, 2.75) is 43.6 Å². The van der Waals surface area contributed by atoms with Gasteiger partial charge >= 0.3 is 0 Å². The number of hydrogen-bond donors (Lipinski definition) is 1. The SMILES string of the molecule is O=C(CC(c1ccccc1)N(c1ccc2ccccc2c1)S(=O)[O-])NC(Cc1ccc(CCl)cc1)C(=O)N1CCCC1. The Morgan fingerprint density at radius 1 is 0.881 bits per heavy atom. The summed E-state index contributed by atoms with van der Waals surface area (Å²) in [5.41, 5.74) is 2.99.